The minimum Gasteiger partial charge on any atom is -0.486 e. The molecule has 142 valence electrons. The van der Waals surface area contributed by atoms with E-state index in [1.807, 2.05) is 18.2 Å². The van der Waals surface area contributed by atoms with Gasteiger partial charge in [-0.25, -0.2) is 0 Å². The Hall–Kier alpha value is -1.85. The Balaban J connectivity index is 1.31. The molecule has 1 aliphatic carbocycles. The van der Waals surface area contributed by atoms with E-state index in [0.29, 0.717) is 41.2 Å². The van der Waals surface area contributed by atoms with E-state index in [1.54, 1.807) is 11.8 Å². The van der Waals surface area contributed by atoms with Crippen molar-refractivity contribution in [1.82, 2.24) is 5.32 Å². The van der Waals surface area contributed by atoms with Crippen molar-refractivity contribution in [2.75, 3.05) is 19.0 Å². The van der Waals surface area contributed by atoms with Crippen LogP contribution in [-0.4, -0.2) is 24.9 Å². The predicted octanol–water partition coefficient (Wildman–Crippen LogP) is 4.54. The third-order valence-electron chi connectivity index (χ3n) is 4.86. The van der Waals surface area contributed by atoms with Crippen molar-refractivity contribution in [3.05, 3.63) is 58.1 Å². The minimum atomic E-state index is 0.0744. The molecule has 2 aromatic rings. The van der Waals surface area contributed by atoms with Crippen molar-refractivity contribution in [2.45, 2.75) is 31.1 Å². The molecule has 0 saturated heterocycles. The molecule has 1 heterocycles. The molecular weight excluding hydrogens is 382 g/mol. The Morgan fingerprint density at radius 3 is 3.00 bits per heavy atom. The number of amides is 1. The van der Waals surface area contributed by atoms with Crippen LogP contribution in [0.2, 0.25) is 5.02 Å². The Kier molecular flexibility index (Phi) is 5.79. The van der Waals surface area contributed by atoms with Gasteiger partial charge in [-0.1, -0.05) is 35.9 Å². The second-order valence-corrected chi connectivity index (χ2v) is 8.20. The zero-order valence-electron chi connectivity index (χ0n) is 15.0. The van der Waals surface area contributed by atoms with Gasteiger partial charge in [-0.05, 0) is 48.1 Å². The van der Waals surface area contributed by atoms with Gasteiger partial charge in [0, 0.05) is 5.75 Å². The molecule has 0 fully saturated rings. The number of carbonyl (C=O) groups excluding carboxylic acids is 1. The van der Waals surface area contributed by atoms with E-state index < -0.39 is 0 Å². The third-order valence-corrected chi connectivity index (χ3v) is 6.15. The van der Waals surface area contributed by atoms with Gasteiger partial charge in [-0.3, -0.25) is 4.79 Å². The lowest BCUT2D eigenvalue weighted by Crippen LogP contribution is -2.32. The van der Waals surface area contributed by atoms with Crippen molar-refractivity contribution in [2.24, 2.45) is 0 Å². The van der Waals surface area contributed by atoms with Crippen LogP contribution in [0.25, 0.3) is 0 Å². The molecule has 0 unspecified atom stereocenters. The van der Waals surface area contributed by atoms with Crippen LogP contribution in [0.15, 0.2) is 36.4 Å². The SMILES string of the molecule is O=C(CSCc1cc(Cl)c2c(c1)OCCO2)N[C@@H]1CCCc2ccccc21. The molecule has 0 spiro atoms. The first kappa shape index (κ1) is 18.5. The van der Waals surface area contributed by atoms with Gasteiger partial charge < -0.3 is 14.8 Å². The van der Waals surface area contributed by atoms with Gasteiger partial charge in [-0.2, -0.15) is 0 Å². The number of aryl methyl sites for hydroxylation is 1. The fraction of sp³-hybridized carbons (Fsp3) is 0.381. The number of hydrogen-bond acceptors (Lipinski definition) is 4. The normalized spacial score (nSPS) is 17.9. The van der Waals surface area contributed by atoms with Crippen LogP contribution in [0.5, 0.6) is 11.5 Å². The van der Waals surface area contributed by atoms with Gasteiger partial charge in [0.2, 0.25) is 5.91 Å². The molecular formula is C21H22ClNO3S. The van der Waals surface area contributed by atoms with E-state index in [0.717, 1.165) is 24.8 Å². The average Bonchev–Trinajstić information content (AvgIpc) is 2.68. The number of halogens is 1. The summed E-state index contributed by atoms with van der Waals surface area (Å²) in [7, 11) is 0. The molecule has 0 aromatic heterocycles. The number of rotatable bonds is 5. The van der Waals surface area contributed by atoms with E-state index in [-0.39, 0.29) is 11.9 Å². The number of carbonyl (C=O) groups is 1. The van der Waals surface area contributed by atoms with Crippen LogP contribution in [0.1, 0.15) is 35.6 Å². The molecule has 0 saturated carbocycles. The highest BCUT2D eigenvalue weighted by molar-refractivity contribution is 7.99. The largest absolute Gasteiger partial charge is 0.486 e. The number of hydrogen-bond donors (Lipinski definition) is 1. The lowest BCUT2D eigenvalue weighted by atomic mass is 9.88. The van der Waals surface area contributed by atoms with Crippen LogP contribution in [-0.2, 0) is 17.0 Å². The zero-order valence-corrected chi connectivity index (χ0v) is 16.6. The van der Waals surface area contributed by atoms with Gasteiger partial charge in [0.25, 0.3) is 0 Å². The van der Waals surface area contributed by atoms with E-state index >= 15 is 0 Å². The quantitative estimate of drug-likeness (QED) is 0.796. The van der Waals surface area contributed by atoms with Crippen molar-refractivity contribution in [3.63, 3.8) is 0 Å². The summed E-state index contributed by atoms with van der Waals surface area (Å²) in [5, 5.41) is 3.75. The molecule has 0 radical (unpaired) electrons. The topological polar surface area (TPSA) is 47.6 Å². The maximum absolute atomic E-state index is 12.4. The lowest BCUT2D eigenvalue weighted by Gasteiger charge is -2.26. The molecule has 1 atom stereocenters. The second kappa shape index (κ2) is 8.44. The Morgan fingerprint density at radius 2 is 2.07 bits per heavy atom. The van der Waals surface area contributed by atoms with Crippen molar-refractivity contribution in [1.29, 1.82) is 0 Å². The predicted molar refractivity (Wildman–Crippen MR) is 109 cm³/mol. The van der Waals surface area contributed by atoms with Crippen LogP contribution < -0.4 is 14.8 Å². The number of nitrogens with one attached hydrogen (secondary N) is 1. The summed E-state index contributed by atoms with van der Waals surface area (Å²) in [5.41, 5.74) is 3.65. The van der Waals surface area contributed by atoms with Gasteiger partial charge >= 0.3 is 0 Å². The number of benzene rings is 2. The summed E-state index contributed by atoms with van der Waals surface area (Å²) in [6.07, 6.45) is 3.22. The summed E-state index contributed by atoms with van der Waals surface area (Å²) in [5.74, 6) is 2.50. The Morgan fingerprint density at radius 1 is 1.22 bits per heavy atom. The molecule has 0 bridgehead atoms. The fourth-order valence-electron chi connectivity index (χ4n) is 3.65. The second-order valence-electron chi connectivity index (χ2n) is 6.81. The highest BCUT2D eigenvalue weighted by atomic mass is 35.5. The average molecular weight is 404 g/mol. The molecule has 27 heavy (non-hydrogen) atoms. The van der Waals surface area contributed by atoms with Gasteiger partial charge in [0.15, 0.2) is 11.5 Å². The minimum absolute atomic E-state index is 0.0744. The summed E-state index contributed by atoms with van der Waals surface area (Å²) in [6.45, 7) is 1.05. The van der Waals surface area contributed by atoms with E-state index in [1.165, 1.54) is 11.1 Å². The highest BCUT2D eigenvalue weighted by Crippen LogP contribution is 2.39. The number of ether oxygens (including phenoxy) is 2. The summed E-state index contributed by atoms with van der Waals surface area (Å²) in [4.78, 5) is 12.4. The molecule has 1 N–H and O–H groups in total. The first-order valence-electron chi connectivity index (χ1n) is 9.23. The first-order valence-corrected chi connectivity index (χ1v) is 10.8. The van der Waals surface area contributed by atoms with Crippen LogP contribution in [0.4, 0.5) is 0 Å². The van der Waals surface area contributed by atoms with Crippen LogP contribution in [0, 0.1) is 0 Å². The maximum atomic E-state index is 12.4. The first-order chi connectivity index (χ1) is 13.2. The maximum Gasteiger partial charge on any atom is 0.230 e. The Labute approximate surface area is 168 Å². The molecule has 4 rings (SSSR count). The summed E-state index contributed by atoms with van der Waals surface area (Å²) in [6, 6.07) is 12.4. The molecule has 4 nitrogen and oxygen atoms in total. The fourth-order valence-corrected chi connectivity index (χ4v) is 4.71. The highest BCUT2D eigenvalue weighted by Gasteiger charge is 2.21. The van der Waals surface area contributed by atoms with E-state index in [4.69, 9.17) is 21.1 Å². The van der Waals surface area contributed by atoms with E-state index in [2.05, 4.69) is 23.5 Å². The number of fused-ring (bicyclic) bond motifs is 2. The standard InChI is InChI=1S/C21H22ClNO3S/c22-17-10-14(11-19-21(17)26-9-8-25-19)12-27-13-20(24)23-18-7-3-5-15-4-1-2-6-16(15)18/h1-2,4,6,10-11,18H,3,5,7-9,12-13H2,(H,23,24)/t18-/m1/s1. The van der Waals surface area contributed by atoms with Crippen molar-refractivity contribution in [3.8, 4) is 11.5 Å². The molecule has 1 amide bonds. The smallest absolute Gasteiger partial charge is 0.230 e. The van der Waals surface area contributed by atoms with Crippen LogP contribution in [0.3, 0.4) is 0 Å². The van der Waals surface area contributed by atoms with Gasteiger partial charge in [0.05, 0.1) is 16.8 Å². The summed E-state index contributed by atoms with van der Waals surface area (Å²) < 4.78 is 11.1. The summed E-state index contributed by atoms with van der Waals surface area (Å²) >= 11 is 7.85. The molecule has 2 aliphatic rings. The monoisotopic (exact) mass is 403 g/mol. The molecule has 6 heteroatoms. The van der Waals surface area contributed by atoms with Crippen LogP contribution >= 0.6 is 23.4 Å². The molecule has 1 aliphatic heterocycles. The van der Waals surface area contributed by atoms with Gasteiger partial charge in [-0.15, -0.1) is 11.8 Å². The zero-order chi connectivity index (χ0) is 18.6. The number of thioether (sulfide) groups is 1. The third kappa shape index (κ3) is 4.36. The lowest BCUT2D eigenvalue weighted by molar-refractivity contribution is -0.119. The van der Waals surface area contributed by atoms with Crippen molar-refractivity contribution >= 4 is 29.3 Å². The van der Waals surface area contributed by atoms with E-state index in [9.17, 15) is 4.79 Å². The Bertz CT molecular complexity index is 842. The molecule has 2 aromatic carbocycles. The van der Waals surface area contributed by atoms with Gasteiger partial charge in [0.1, 0.15) is 13.2 Å². The van der Waals surface area contributed by atoms with Crippen molar-refractivity contribution < 1.29 is 14.3 Å².